The quantitative estimate of drug-likeness (QED) is 0.517. The predicted molar refractivity (Wildman–Crippen MR) is 106 cm³/mol. The second-order valence-corrected chi connectivity index (χ2v) is 6.82. The number of halogens is 1. The number of nitrogens with zero attached hydrogens (tertiary/aromatic N) is 2. The van der Waals surface area contributed by atoms with E-state index in [0.29, 0.717) is 0 Å². The number of anilines is 1. The Labute approximate surface area is 170 Å². The van der Waals surface area contributed by atoms with E-state index in [1.54, 1.807) is 13.8 Å². The molecule has 2 aromatic rings. The lowest BCUT2D eigenvalue weighted by atomic mass is 10.0. The van der Waals surface area contributed by atoms with Crippen molar-refractivity contribution in [1.82, 2.24) is 5.32 Å². The van der Waals surface area contributed by atoms with E-state index in [-0.39, 0.29) is 27.9 Å². The van der Waals surface area contributed by atoms with Crippen LogP contribution >= 0.6 is 11.6 Å². The van der Waals surface area contributed by atoms with E-state index >= 15 is 0 Å². The molecule has 0 heterocycles. The van der Waals surface area contributed by atoms with Gasteiger partial charge in [-0.2, -0.15) is 0 Å². The van der Waals surface area contributed by atoms with Crippen LogP contribution in [-0.2, 0) is 4.79 Å². The first-order chi connectivity index (χ1) is 13.6. The Balaban J connectivity index is 2.19. The van der Waals surface area contributed by atoms with Gasteiger partial charge in [-0.3, -0.25) is 29.8 Å². The third-order valence-electron chi connectivity index (χ3n) is 3.97. The first kappa shape index (κ1) is 21.8. The highest BCUT2D eigenvalue weighted by Gasteiger charge is 2.26. The standard InChI is InChI=1S/C18H17ClN4O6/c1-10(2)16(18(25)20-12-4-3-5-13(9-12)22(26)27)21-17(24)11-6-7-14(19)15(8-11)23(28)29/h3-10,16H,1-2H3,(H,20,25)(H,21,24)/t16-/m0/s1. The Kier molecular flexibility index (Phi) is 6.84. The molecule has 2 amide bonds. The van der Waals surface area contributed by atoms with Crippen LogP contribution in [0.1, 0.15) is 24.2 Å². The van der Waals surface area contributed by atoms with Crippen molar-refractivity contribution in [1.29, 1.82) is 0 Å². The molecule has 2 N–H and O–H groups in total. The number of hydrogen-bond acceptors (Lipinski definition) is 6. The van der Waals surface area contributed by atoms with Crippen LogP contribution in [0.4, 0.5) is 17.1 Å². The first-order valence-corrected chi connectivity index (χ1v) is 8.78. The number of rotatable bonds is 7. The summed E-state index contributed by atoms with van der Waals surface area (Å²) in [4.78, 5) is 45.7. The molecule has 0 saturated heterocycles. The molecule has 0 aromatic heterocycles. The maximum atomic E-state index is 12.6. The summed E-state index contributed by atoms with van der Waals surface area (Å²) in [7, 11) is 0. The van der Waals surface area contributed by atoms with E-state index in [2.05, 4.69) is 10.6 Å². The number of nitro groups is 2. The average Bonchev–Trinajstić information content (AvgIpc) is 2.65. The van der Waals surface area contributed by atoms with Gasteiger partial charge in [-0.25, -0.2) is 0 Å². The molecule has 0 unspecified atom stereocenters. The summed E-state index contributed by atoms with van der Waals surface area (Å²) >= 11 is 5.74. The summed E-state index contributed by atoms with van der Waals surface area (Å²) in [6, 6.07) is 7.94. The highest BCUT2D eigenvalue weighted by atomic mass is 35.5. The molecule has 10 nitrogen and oxygen atoms in total. The molecule has 0 radical (unpaired) electrons. The lowest BCUT2D eigenvalue weighted by molar-refractivity contribution is -0.384. The second-order valence-electron chi connectivity index (χ2n) is 6.42. The van der Waals surface area contributed by atoms with Crippen LogP contribution in [-0.4, -0.2) is 27.7 Å². The van der Waals surface area contributed by atoms with E-state index < -0.39 is 33.4 Å². The fourth-order valence-corrected chi connectivity index (χ4v) is 2.66. The third kappa shape index (κ3) is 5.48. The summed E-state index contributed by atoms with van der Waals surface area (Å²) in [6.07, 6.45) is 0. The third-order valence-corrected chi connectivity index (χ3v) is 4.28. The number of carbonyl (C=O) groups excluding carboxylic acids is 2. The van der Waals surface area contributed by atoms with Crippen LogP contribution < -0.4 is 10.6 Å². The summed E-state index contributed by atoms with van der Waals surface area (Å²) < 4.78 is 0. The van der Waals surface area contributed by atoms with Gasteiger partial charge in [0.1, 0.15) is 11.1 Å². The van der Waals surface area contributed by atoms with Crippen LogP contribution in [0.3, 0.4) is 0 Å². The zero-order valence-electron chi connectivity index (χ0n) is 15.4. The minimum Gasteiger partial charge on any atom is -0.340 e. The van der Waals surface area contributed by atoms with Gasteiger partial charge in [0, 0.05) is 29.4 Å². The second kappa shape index (κ2) is 9.11. The number of nitro benzene ring substituents is 2. The molecule has 0 aliphatic carbocycles. The molecule has 0 saturated carbocycles. The van der Waals surface area contributed by atoms with Crippen LogP contribution in [0.5, 0.6) is 0 Å². The van der Waals surface area contributed by atoms with Crippen LogP contribution in [0.25, 0.3) is 0 Å². The Morgan fingerprint density at radius 3 is 2.31 bits per heavy atom. The Morgan fingerprint density at radius 2 is 1.72 bits per heavy atom. The van der Waals surface area contributed by atoms with Gasteiger partial charge >= 0.3 is 0 Å². The van der Waals surface area contributed by atoms with Gasteiger partial charge in [-0.05, 0) is 24.1 Å². The lowest BCUT2D eigenvalue weighted by Crippen LogP contribution is -2.47. The average molecular weight is 421 g/mol. The summed E-state index contributed by atoms with van der Waals surface area (Å²) in [6.45, 7) is 3.39. The molecule has 11 heteroatoms. The fraction of sp³-hybridized carbons (Fsp3) is 0.222. The highest BCUT2D eigenvalue weighted by Crippen LogP contribution is 2.25. The number of hydrogen-bond donors (Lipinski definition) is 2. The first-order valence-electron chi connectivity index (χ1n) is 8.40. The topological polar surface area (TPSA) is 144 Å². The lowest BCUT2D eigenvalue weighted by Gasteiger charge is -2.21. The highest BCUT2D eigenvalue weighted by molar-refractivity contribution is 6.32. The zero-order valence-corrected chi connectivity index (χ0v) is 16.2. The van der Waals surface area contributed by atoms with Gasteiger partial charge in [0.25, 0.3) is 17.3 Å². The van der Waals surface area contributed by atoms with E-state index in [1.807, 2.05) is 0 Å². The van der Waals surface area contributed by atoms with Crippen LogP contribution in [0.15, 0.2) is 42.5 Å². The molecular weight excluding hydrogens is 404 g/mol. The normalized spacial score (nSPS) is 11.6. The van der Waals surface area contributed by atoms with E-state index in [0.717, 1.165) is 6.07 Å². The van der Waals surface area contributed by atoms with E-state index in [4.69, 9.17) is 11.6 Å². The van der Waals surface area contributed by atoms with Crippen molar-refractivity contribution in [2.45, 2.75) is 19.9 Å². The molecular formula is C18H17ClN4O6. The SMILES string of the molecule is CC(C)[C@H](NC(=O)c1ccc(Cl)c([N+](=O)[O-])c1)C(=O)Nc1cccc([N+](=O)[O-])c1. The summed E-state index contributed by atoms with van der Waals surface area (Å²) in [5.74, 6) is -1.62. The summed E-state index contributed by atoms with van der Waals surface area (Å²) in [5, 5.41) is 26.8. The molecule has 2 rings (SSSR count). The van der Waals surface area contributed by atoms with Crippen molar-refractivity contribution in [3.8, 4) is 0 Å². The Hall–Kier alpha value is -3.53. The smallest absolute Gasteiger partial charge is 0.288 e. The maximum Gasteiger partial charge on any atom is 0.288 e. The van der Waals surface area contributed by atoms with Crippen molar-refractivity contribution >= 4 is 40.5 Å². The van der Waals surface area contributed by atoms with Crippen LogP contribution in [0.2, 0.25) is 5.02 Å². The summed E-state index contributed by atoms with van der Waals surface area (Å²) in [5.41, 5.74) is -0.455. The number of benzene rings is 2. The molecule has 0 aliphatic heterocycles. The van der Waals surface area contributed by atoms with Gasteiger partial charge in [-0.1, -0.05) is 31.5 Å². The van der Waals surface area contributed by atoms with Crippen molar-refractivity contribution in [2.75, 3.05) is 5.32 Å². The van der Waals surface area contributed by atoms with Crippen LogP contribution in [0, 0.1) is 26.1 Å². The van der Waals surface area contributed by atoms with Gasteiger partial charge in [0.15, 0.2) is 0 Å². The number of nitrogens with one attached hydrogen (secondary N) is 2. The Morgan fingerprint density at radius 1 is 1.03 bits per heavy atom. The van der Waals surface area contributed by atoms with E-state index in [9.17, 15) is 29.8 Å². The largest absolute Gasteiger partial charge is 0.340 e. The van der Waals surface area contributed by atoms with E-state index in [1.165, 1.54) is 36.4 Å². The zero-order chi connectivity index (χ0) is 21.7. The van der Waals surface area contributed by atoms with Gasteiger partial charge in [0.2, 0.25) is 5.91 Å². The van der Waals surface area contributed by atoms with Crippen molar-refractivity contribution < 1.29 is 19.4 Å². The van der Waals surface area contributed by atoms with Crippen molar-refractivity contribution in [3.63, 3.8) is 0 Å². The number of carbonyl (C=O) groups is 2. The molecule has 29 heavy (non-hydrogen) atoms. The van der Waals surface area contributed by atoms with Crippen molar-refractivity contribution in [2.24, 2.45) is 5.92 Å². The Bertz CT molecular complexity index is 979. The van der Waals surface area contributed by atoms with Gasteiger partial charge < -0.3 is 10.6 Å². The minimum atomic E-state index is -0.989. The molecule has 0 bridgehead atoms. The number of non-ortho nitro benzene ring substituents is 1. The van der Waals surface area contributed by atoms with Gasteiger partial charge in [-0.15, -0.1) is 0 Å². The van der Waals surface area contributed by atoms with Crippen molar-refractivity contribution in [3.05, 3.63) is 73.3 Å². The predicted octanol–water partition coefficient (Wildman–Crippen LogP) is 3.55. The monoisotopic (exact) mass is 420 g/mol. The molecule has 1 atom stereocenters. The minimum absolute atomic E-state index is 0.0325. The molecule has 0 aliphatic rings. The molecule has 0 fully saturated rings. The van der Waals surface area contributed by atoms with Gasteiger partial charge in [0.05, 0.1) is 9.85 Å². The fourth-order valence-electron chi connectivity index (χ4n) is 2.47. The maximum absolute atomic E-state index is 12.6. The molecule has 2 aromatic carbocycles. The molecule has 152 valence electrons. The number of amides is 2. The molecule has 0 spiro atoms.